The molecule has 2 rings (SSSR count). The van der Waals surface area contributed by atoms with Gasteiger partial charge in [-0.05, 0) is 18.6 Å². The van der Waals surface area contributed by atoms with E-state index in [4.69, 9.17) is 9.29 Å². The maximum absolute atomic E-state index is 12.1. The van der Waals surface area contributed by atoms with Gasteiger partial charge in [0.15, 0.2) is 0 Å². The van der Waals surface area contributed by atoms with Gasteiger partial charge >= 0.3 is 16.1 Å². The molecule has 0 spiro atoms. The van der Waals surface area contributed by atoms with Gasteiger partial charge < -0.3 is 9.29 Å². The summed E-state index contributed by atoms with van der Waals surface area (Å²) in [7, 11) is -3.86. The third-order valence-corrected chi connectivity index (χ3v) is 4.28. The number of carbonyl (C=O) groups is 1. The van der Waals surface area contributed by atoms with E-state index in [1.807, 2.05) is 0 Å². The monoisotopic (exact) mass is 320 g/mol. The SMILES string of the molecule is C[C@H](C(=O)O)c1ccccc1OS(=O)(=O)Cc1ccccc1. The summed E-state index contributed by atoms with van der Waals surface area (Å²) >= 11 is 0. The van der Waals surface area contributed by atoms with E-state index in [1.54, 1.807) is 48.5 Å². The van der Waals surface area contributed by atoms with Crippen LogP contribution in [0.15, 0.2) is 54.6 Å². The molecule has 0 saturated heterocycles. The van der Waals surface area contributed by atoms with Crippen molar-refractivity contribution in [3.05, 3.63) is 65.7 Å². The van der Waals surface area contributed by atoms with Crippen LogP contribution in [0.3, 0.4) is 0 Å². The largest absolute Gasteiger partial charge is 0.481 e. The van der Waals surface area contributed by atoms with Gasteiger partial charge in [0, 0.05) is 5.56 Å². The van der Waals surface area contributed by atoms with E-state index < -0.39 is 22.0 Å². The first kappa shape index (κ1) is 16.0. The molecule has 0 heterocycles. The molecule has 2 aromatic carbocycles. The van der Waals surface area contributed by atoms with Crippen LogP contribution < -0.4 is 4.18 Å². The van der Waals surface area contributed by atoms with Crippen molar-refractivity contribution in [1.29, 1.82) is 0 Å². The lowest BCUT2D eigenvalue weighted by molar-refractivity contribution is -0.138. The molecule has 116 valence electrons. The maximum Gasteiger partial charge on any atom is 0.313 e. The minimum Gasteiger partial charge on any atom is -0.481 e. The number of aliphatic carboxylic acids is 1. The molecule has 0 aliphatic heterocycles. The van der Waals surface area contributed by atoms with E-state index >= 15 is 0 Å². The highest BCUT2D eigenvalue weighted by Crippen LogP contribution is 2.28. The Morgan fingerprint density at radius 2 is 1.68 bits per heavy atom. The Labute approximate surface area is 129 Å². The zero-order chi connectivity index (χ0) is 16.2. The van der Waals surface area contributed by atoms with Gasteiger partial charge in [0.2, 0.25) is 0 Å². The molecule has 0 saturated carbocycles. The topological polar surface area (TPSA) is 80.7 Å². The lowest BCUT2D eigenvalue weighted by Crippen LogP contribution is -2.15. The van der Waals surface area contributed by atoms with E-state index in [2.05, 4.69) is 0 Å². The summed E-state index contributed by atoms with van der Waals surface area (Å²) in [4.78, 5) is 11.1. The number of rotatable bonds is 6. The van der Waals surface area contributed by atoms with Gasteiger partial charge in [-0.2, -0.15) is 8.42 Å². The molecule has 6 heteroatoms. The fraction of sp³-hybridized carbons (Fsp3) is 0.188. The van der Waals surface area contributed by atoms with Gasteiger partial charge in [0.25, 0.3) is 0 Å². The maximum atomic E-state index is 12.1. The highest BCUT2D eigenvalue weighted by atomic mass is 32.2. The van der Waals surface area contributed by atoms with Crippen LogP contribution in [0.5, 0.6) is 5.75 Å². The van der Waals surface area contributed by atoms with E-state index in [0.29, 0.717) is 11.1 Å². The predicted molar refractivity (Wildman–Crippen MR) is 82.2 cm³/mol. The molecule has 0 bridgehead atoms. The van der Waals surface area contributed by atoms with Crippen LogP contribution in [0.2, 0.25) is 0 Å². The van der Waals surface area contributed by atoms with Crippen molar-refractivity contribution in [2.45, 2.75) is 18.6 Å². The minimum absolute atomic E-state index is 0.0494. The lowest BCUT2D eigenvalue weighted by Gasteiger charge is -2.14. The molecule has 0 amide bonds. The Kier molecular flexibility index (Phi) is 4.82. The van der Waals surface area contributed by atoms with Crippen molar-refractivity contribution < 1.29 is 22.5 Å². The van der Waals surface area contributed by atoms with Gasteiger partial charge in [-0.15, -0.1) is 0 Å². The Morgan fingerprint density at radius 1 is 1.09 bits per heavy atom. The third-order valence-electron chi connectivity index (χ3n) is 3.16. The summed E-state index contributed by atoms with van der Waals surface area (Å²) in [5.74, 6) is -2.13. The Bertz CT molecular complexity index is 753. The zero-order valence-corrected chi connectivity index (χ0v) is 12.8. The normalized spacial score (nSPS) is 12.6. The van der Waals surface area contributed by atoms with Crippen LogP contribution in [0.25, 0.3) is 0 Å². The van der Waals surface area contributed by atoms with Crippen LogP contribution in [0.1, 0.15) is 24.0 Å². The van der Waals surface area contributed by atoms with Gasteiger partial charge in [0.05, 0.1) is 5.92 Å². The van der Waals surface area contributed by atoms with E-state index in [0.717, 1.165) is 0 Å². The highest BCUT2D eigenvalue weighted by molar-refractivity contribution is 7.86. The first-order valence-corrected chi connectivity index (χ1v) is 8.24. The second kappa shape index (κ2) is 6.62. The summed E-state index contributed by atoms with van der Waals surface area (Å²) in [6.07, 6.45) is 0. The summed E-state index contributed by atoms with van der Waals surface area (Å²) in [5, 5.41) is 9.09. The van der Waals surface area contributed by atoms with Crippen LogP contribution in [0, 0.1) is 0 Å². The summed E-state index contributed by atoms with van der Waals surface area (Å²) < 4.78 is 29.4. The molecule has 2 aromatic rings. The quantitative estimate of drug-likeness (QED) is 0.828. The third kappa shape index (κ3) is 4.08. The average Bonchev–Trinajstić information content (AvgIpc) is 2.47. The smallest absolute Gasteiger partial charge is 0.313 e. The number of carboxylic acid groups (broad SMARTS) is 1. The molecule has 0 aromatic heterocycles. The molecule has 0 unspecified atom stereocenters. The Morgan fingerprint density at radius 3 is 2.32 bits per heavy atom. The molecule has 22 heavy (non-hydrogen) atoms. The van der Waals surface area contributed by atoms with Crippen molar-refractivity contribution in [2.75, 3.05) is 0 Å². The molecule has 1 atom stereocenters. The molecule has 1 N–H and O–H groups in total. The predicted octanol–water partition coefficient (Wildman–Crippen LogP) is 2.78. The first-order valence-electron chi connectivity index (χ1n) is 6.67. The van der Waals surface area contributed by atoms with E-state index in [9.17, 15) is 13.2 Å². The minimum atomic E-state index is -3.86. The zero-order valence-electron chi connectivity index (χ0n) is 12.0. The number of para-hydroxylation sites is 1. The average molecular weight is 320 g/mol. The van der Waals surface area contributed by atoms with Crippen LogP contribution in [-0.2, 0) is 20.7 Å². The summed E-state index contributed by atoms with van der Waals surface area (Å²) in [6, 6.07) is 14.9. The number of hydrogen-bond donors (Lipinski definition) is 1. The van der Waals surface area contributed by atoms with Crippen molar-refractivity contribution in [2.24, 2.45) is 0 Å². The lowest BCUT2D eigenvalue weighted by atomic mass is 10.0. The molecule has 0 aliphatic rings. The van der Waals surface area contributed by atoms with Gasteiger partial charge in [0.1, 0.15) is 11.5 Å². The first-order chi connectivity index (χ1) is 10.4. The van der Waals surface area contributed by atoms with Gasteiger partial charge in [-0.25, -0.2) is 0 Å². The number of hydrogen-bond acceptors (Lipinski definition) is 4. The van der Waals surface area contributed by atoms with Crippen molar-refractivity contribution in [1.82, 2.24) is 0 Å². The van der Waals surface area contributed by atoms with Crippen molar-refractivity contribution in [3.63, 3.8) is 0 Å². The van der Waals surface area contributed by atoms with Gasteiger partial charge in [-0.3, -0.25) is 4.79 Å². The molecule has 0 aliphatic carbocycles. The van der Waals surface area contributed by atoms with Crippen molar-refractivity contribution >= 4 is 16.1 Å². The van der Waals surface area contributed by atoms with Crippen LogP contribution in [-0.4, -0.2) is 19.5 Å². The molecular formula is C16H16O5S. The van der Waals surface area contributed by atoms with Crippen molar-refractivity contribution in [3.8, 4) is 5.75 Å². The summed E-state index contributed by atoms with van der Waals surface area (Å²) in [5.41, 5.74) is 0.929. The highest BCUT2D eigenvalue weighted by Gasteiger charge is 2.22. The second-order valence-electron chi connectivity index (χ2n) is 4.87. The van der Waals surface area contributed by atoms with E-state index in [-0.39, 0.29) is 11.5 Å². The Balaban J connectivity index is 2.25. The molecular weight excluding hydrogens is 304 g/mol. The molecule has 0 radical (unpaired) electrons. The number of benzene rings is 2. The summed E-state index contributed by atoms with van der Waals surface area (Å²) in [6.45, 7) is 1.48. The molecule has 0 fully saturated rings. The Hall–Kier alpha value is -2.34. The fourth-order valence-corrected chi connectivity index (χ4v) is 3.08. The van der Waals surface area contributed by atoms with Crippen LogP contribution in [0.4, 0.5) is 0 Å². The second-order valence-corrected chi connectivity index (χ2v) is 6.44. The number of carboxylic acids is 1. The van der Waals surface area contributed by atoms with Gasteiger partial charge in [-0.1, -0.05) is 48.5 Å². The standard InChI is InChI=1S/C16H16O5S/c1-12(16(17)18)14-9-5-6-10-15(14)21-22(19,20)11-13-7-3-2-4-8-13/h2-10,12H,11H2,1H3,(H,17,18)/t12-/m0/s1. The van der Waals surface area contributed by atoms with E-state index in [1.165, 1.54) is 13.0 Å². The fourth-order valence-electron chi connectivity index (χ4n) is 1.99. The molecule has 5 nitrogen and oxygen atoms in total. The van der Waals surface area contributed by atoms with Crippen LogP contribution >= 0.6 is 0 Å².